The summed E-state index contributed by atoms with van der Waals surface area (Å²) in [5, 5.41) is 0. The Morgan fingerprint density at radius 2 is 1.48 bits per heavy atom. The average Bonchev–Trinajstić information content (AvgIpc) is 2.46. The van der Waals surface area contributed by atoms with Crippen molar-refractivity contribution in [2.45, 2.75) is 40.5 Å². The minimum atomic E-state index is -0.280. The molecule has 3 heteroatoms. The van der Waals surface area contributed by atoms with Crippen LogP contribution in [0.3, 0.4) is 0 Å². The van der Waals surface area contributed by atoms with Crippen molar-refractivity contribution in [2.24, 2.45) is 11.8 Å². The predicted molar refractivity (Wildman–Crippen MR) is 88.9 cm³/mol. The number of rotatable bonds is 8. The molecule has 0 saturated heterocycles. The molecule has 0 amide bonds. The second-order valence-corrected chi connectivity index (χ2v) is 6.39. The fraction of sp³-hybridized carbons (Fsp3) is 0.611. The number of hydrogen-bond acceptors (Lipinski definition) is 3. The van der Waals surface area contributed by atoms with E-state index >= 15 is 0 Å². The number of methoxy groups -OCH3 is 1. The van der Waals surface area contributed by atoms with E-state index in [0.717, 1.165) is 13.1 Å². The van der Waals surface area contributed by atoms with Crippen molar-refractivity contribution < 1.29 is 9.53 Å². The summed E-state index contributed by atoms with van der Waals surface area (Å²) in [5.41, 5.74) is 1.79. The molecule has 1 aromatic carbocycles. The van der Waals surface area contributed by atoms with Crippen molar-refractivity contribution >= 4 is 11.7 Å². The molecule has 0 aromatic heterocycles. The number of nitrogens with zero attached hydrogens (tertiary/aromatic N) is 1. The molecule has 118 valence electrons. The second-order valence-electron chi connectivity index (χ2n) is 6.39. The zero-order valence-corrected chi connectivity index (χ0v) is 14.1. The zero-order chi connectivity index (χ0) is 15.8. The summed E-state index contributed by atoms with van der Waals surface area (Å²) in [6.45, 7) is 11.1. The minimum Gasteiger partial charge on any atom is -0.465 e. The van der Waals surface area contributed by atoms with Crippen LogP contribution in [0.1, 0.15) is 50.9 Å². The van der Waals surface area contributed by atoms with E-state index in [1.54, 1.807) is 0 Å². The molecule has 0 heterocycles. The van der Waals surface area contributed by atoms with E-state index in [2.05, 4.69) is 32.6 Å². The van der Waals surface area contributed by atoms with Crippen molar-refractivity contribution in [2.75, 3.05) is 25.1 Å². The molecule has 1 aromatic rings. The summed E-state index contributed by atoms with van der Waals surface area (Å²) >= 11 is 0. The molecule has 0 fully saturated rings. The highest BCUT2D eigenvalue weighted by Crippen LogP contribution is 2.19. The Hall–Kier alpha value is -1.51. The molecular weight excluding hydrogens is 262 g/mol. The van der Waals surface area contributed by atoms with E-state index < -0.39 is 0 Å². The van der Waals surface area contributed by atoms with Crippen LogP contribution in [0.25, 0.3) is 0 Å². The Bertz CT molecular complexity index is 411. The first-order valence-electron chi connectivity index (χ1n) is 7.87. The lowest BCUT2D eigenvalue weighted by atomic mass is 10.1. The largest absolute Gasteiger partial charge is 0.465 e. The van der Waals surface area contributed by atoms with Crippen LogP contribution in [-0.4, -0.2) is 26.2 Å². The lowest BCUT2D eigenvalue weighted by molar-refractivity contribution is 0.0601. The summed E-state index contributed by atoms with van der Waals surface area (Å²) in [7, 11) is 1.41. The van der Waals surface area contributed by atoms with Crippen LogP contribution in [0.2, 0.25) is 0 Å². The maximum atomic E-state index is 11.5. The molecule has 0 aliphatic rings. The second kappa shape index (κ2) is 8.71. The number of anilines is 1. The highest BCUT2D eigenvalue weighted by Gasteiger charge is 2.10. The van der Waals surface area contributed by atoms with Gasteiger partial charge in [0.05, 0.1) is 12.7 Å². The maximum Gasteiger partial charge on any atom is 0.337 e. The van der Waals surface area contributed by atoms with Crippen LogP contribution in [0.15, 0.2) is 24.3 Å². The molecule has 21 heavy (non-hydrogen) atoms. The standard InChI is InChI=1S/C18H29NO2/c1-14(2)10-12-19(13-11-15(3)4)17-8-6-16(7-9-17)18(20)21-5/h6-9,14-15H,10-13H2,1-5H3. The van der Waals surface area contributed by atoms with Gasteiger partial charge in [-0.25, -0.2) is 4.79 Å². The predicted octanol–water partition coefficient (Wildman–Crippen LogP) is 4.37. The van der Waals surface area contributed by atoms with Gasteiger partial charge in [0.2, 0.25) is 0 Å². The van der Waals surface area contributed by atoms with Crippen molar-refractivity contribution in [1.82, 2.24) is 0 Å². The van der Waals surface area contributed by atoms with Gasteiger partial charge in [0.1, 0.15) is 0 Å². The lowest BCUT2D eigenvalue weighted by Gasteiger charge is -2.26. The third kappa shape index (κ3) is 6.19. The molecule has 0 aliphatic heterocycles. The maximum absolute atomic E-state index is 11.5. The van der Waals surface area contributed by atoms with E-state index in [0.29, 0.717) is 17.4 Å². The highest BCUT2D eigenvalue weighted by molar-refractivity contribution is 5.89. The lowest BCUT2D eigenvalue weighted by Crippen LogP contribution is -2.27. The van der Waals surface area contributed by atoms with E-state index in [1.165, 1.54) is 25.6 Å². The number of carbonyl (C=O) groups excluding carboxylic acids is 1. The Morgan fingerprint density at radius 1 is 1.00 bits per heavy atom. The molecule has 0 atom stereocenters. The number of benzene rings is 1. The Morgan fingerprint density at radius 3 is 1.86 bits per heavy atom. The Kier molecular flexibility index (Phi) is 7.27. The Labute approximate surface area is 129 Å². The van der Waals surface area contributed by atoms with Crippen LogP contribution >= 0.6 is 0 Å². The third-order valence-electron chi connectivity index (χ3n) is 3.61. The van der Waals surface area contributed by atoms with Gasteiger partial charge in [0.25, 0.3) is 0 Å². The normalized spacial score (nSPS) is 11.0. The monoisotopic (exact) mass is 291 g/mol. The summed E-state index contributed by atoms with van der Waals surface area (Å²) < 4.78 is 4.74. The molecule has 0 saturated carbocycles. The van der Waals surface area contributed by atoms with Crippen molar-refractivity contribution in [1.29, 1.82) is 0 Å². The number of ether oxygens (including phenoxy) is 1. The zero-order valence-electron chi connectivity index (χ0n) is 14.1. The topological polar surface area (TPSA) is 29.5 Å². The first-order valence-corrected chi connectivity index (χ1v) is 7.87. The number of esters is 1. The molecule has 0 bridgehead atoms. The van der Waals surface area contributed by atoms with Crippen LogP contribution in [0, 0.1) is 11.8 Å². The van der Waals surface area contributed by atoms with E-state index in [1.807, 2.05) is 24.3 Å². The van der Waals surface area contributed by atoms with Gasteiger partial charge in [-0.3, -0.25) is 0 Å². The van der Waals surface area contributed by atoms with Crippen LogP contribution in [0.5, 0.6) is 0 Å². The van der Waals surface area contributed by atoms with Crippen LogP contribution < -0.4 is 4.90 Å². The van der Waals surface area contributed by atoms with E-state index in [4.69, 9.17) is 4.74 Å². The SMILES string of the molecule is COC(=O)c1ccc(N(CCC(C)C)CCC(C)C)cc1. The quantitative estimate of drug-likeness (QED) is 0.666. The highest BCUT2D eigenvalue weighted by atomic mass is 16.5. The van der Waals surface area contributed by atoms with Crippen molar-refractivity contribution in [3.8, 4) is 0 Å². The summed E-state index contributed by atoms with van der Waals surface area (Å²) in [4.78, 5) is 13.9. The van der Waals surface area contributed by atoms with Gasteiger partial charge in [-0.2, -0.15) is 0 Å². The number of carbonyl (C=O) groups is 1. The molecule has 0 radical (unpaired) electrons. The molecule has 0 spiro atoms. The van der Waals surface area contributed by atoms with Gasteiger partial charge in [0.15, 0.2) is 0 Å². The smallest absolute Gasteiger partial charge is 0.337 e. The van der Waals surface area contributed by atoms with Gasteiger partial charge in [-0.15, -0.1) is 0 Å². The first-order chi connectivity index (χ1) is 9.93. The summed E-state index contributed by atoms with van der Waals surface area (Å²) in [6.07, 6.45) is 2.35. The number of hydrogen-bond donors (Lipinski definition) is 0. The van der Waals surface area contributed by atoms with Crippen LogP contribution in [0.4, 0.5) is 5.69 Å². The summed E-state index contributed by atoms with van der Waals surface area (Å²) in [5.74, 6) is 1.11. The van der Waals surface area contributed by atoms with Gasteiger partial charge >= 0.3 is 5.97 Å². The molecule has 1 rings (SSSR count). The third-order valence-corrected chi connectivity index (χ3v) is 3.61. The van der Waals surface area contributed by atoms with Gasteiger partial charge < -0.3 is 9.64 Å². The van der Waals surface area contributed by atoms with Crippen LogP contribution in [-0.2, 0) is 4.74 Å². The van der Waals surface area contributed by atoms with Gasteiger partial charge in [-0.1, -0.05) is 27.7 Å². The minimum absolute atomic E-state index is 0.280. The summed E-state index contributed by atoms with van der Waals surface area (Å²) in [6, 6.07) is 7.73. The Balaban J connectivity index is 2.78. The molecule has 0 unspecified atom stereocenters. The fourth-order valence-corrected chi connectivity index (χ4v) is 2.12. The fourth-order valence-electron chi connectivity index (χ4n) is 2.12. The molecular formula is C18H29NO2. The molecule has 0 N–H and O–H groups in total. The molecule has 3 nitrogen and oxygen atoms in total. The van der Waals surface area contributed by atoms with Crippen molar-refractivity contribution in [3.63, 3.8) is 0 Å². The van der Waals surface area contributed by atoms with E-state index in [-0.39, 0.29) is 5.97 Å². The van der Waals surface area contributed by atoms with Crippen molar-refractivity contribution in [3.05, 3.63) is 29.8 Å². The molecule has 0 aliphatic carbocycles. The van der Waals surface area contributed by atoms with Gasteiger partial charge in [-0.05, 0) is 48.9 Å². The van der Waals surface area contributed by atoms with E-state index in [9.17, 15) is 4.79 Å². The average molecular weight is 291 g/mol. The van der Waals surface area contributed by atoms with Gasteiger partial charge in [0, 0.05) is 18.8 Å². The first kappa shape index (κ1) is 17.5.